The Morgan fingerprint density at radius 3 is 2.30 bits per heavy atom. The average Bonchev–Trinajstić information content (AvgIpc) is 2.47. The molecule has 1 aromatic rings. The zero-order chi connectivity index (χ0) is 14.5. The van der Waals surface area contributed by atoms with Gasteiger partial charge in [0.2, 0.25) is 0 Å². The number of hydrogen-bond acceptors (Lipinski definition) is 2. The van der Waals surface area contributed by atoms with Crippen LogP contribution in [-0.4, -0.2) is 11.6 Å². The molecule has 0 saturated heterocycles. The van der Waals surface area contributed by atoms with E-state index in [9.17, 15) is 9.59 Å². The lowest BCUT2D eigenvalue weighted by molar-refractivity contribution is 0.0972. The molecule has 2 heteroatoms. The Balaban J connectivity index is 2.32. The third-order valence-electron chi connectivity index (χ3n) is 3.97. The van der Waals surface area contributed by atoms with Crippen molar-refractivity contribution in [1.82, 2.24) is 0 Å². The van der Waals surface area contributed by atoms with Gasteiger partial charge in [-0.2, -0.15) is 0 Å². The van der Waals surface area contributed by atoms with Crippen LogP contribution >= 0.6 is 0 Å². The van der Waals surface area contributed by atoms with Crippen molar-refractivity contribution in [2.75, 3.05) is 0 Å². The molecule has 0 aromatic heterocycles. The summed E-state index contributed by atoms with van der Waals surface area (Å²) in [6.45, 7) is 4.28. The fraction of sp³-hybridized carbons (Fsp3) is 0.444. The summed E-state index contributed by atoms with van der Waals surface area (Å²) in [6.07, 6.45) is 6.82. The number of benzene rings is 1. The zero-order valence-corrected chi connectivity index (χ0v) is 12.3. The molecule has 0 bridgehead atoms. The molecule has 1 aromatic carbocycles. The van der Waals surface area contributed by atoms with Crippen LogP contribution in [0.4, 0.5) is 0 Å². The van der Waals surface area contributed by atoms with Crippen molar-refractivity contribution >= 4 is 11.6 Å². The van der Waals surface area contributed by atoms with Gasteiger partial charge in [-0.25, -0.2) is 0 Å². The summed E-state index contributed by atoms with van der Waals surface area (Å²) in [4.78, 5) is 24.8. The maximum Gasteiger partial charge on any atom is 0.190 e. The second kappa shape index (κ2) is 6.65. The molecule has 0 amide bonds. The van der Waals surface area contributed by atoms with Gasteiger partial charge in [0.15, 0.2) is 11.6 Å². The van der Waals surface area contributed by atoms with E-state index in [1.807, 2.05) is 12.1 Å². The highest BCUT2D eigenvalue weighted by Crippen LogP contribution is 2.31. The lowest BCUT2D eigenvalue weighted by Crippen LogP contribution is -2.22. The number of hydrogen-bond donors (Lipinski definition) is 0. The Morgan fingerprint density at radius 1 is 0.950 bits per heavy atom. The van der Waals surface area contributed by atoms with Crippen molar-refractivity contribution < 1.29 is 9.59 Å². The molecule has 0 heterocycles. The summed E-state index contributed by atoms with van der Waals surface area (Å²) < 4.78 is 0. The Bertz CT molecular complexity index is 540. The Labute approximate surface area is 120 Å². The molecule has 0 saturated carbocycles. The Kier molecular flexibility index (Phi) is 4.89. The maximum absolute atomic E-state index is 12.6. The molecule has 1 unspecified atom stereocenters. The number of carbonyl (C=O) groups excluding carboxylic acids is 2. The normalized spacial score (nSPS) is 15.8. The van der Waals surface area contributed by atoms with Crippen molar-refractivity contribution in [3.05, 3.63) is 47.0 Å². The van der Waals surface area contributed by atoms with Gasteiger partial charge in [-0.05, 0) is 24.8 Å². The van der Waals surface area contributed by atoms with E-state index in [1.165, 1.54) is 0 Å². The quantitative estimate of drug-likeness (QED) is 0.757. The molecule has 0 N–H and O–H groups in total. The van der Waals surface area contributed by atoms with Gasteiger partial charge in [-0.1, -0.05) is 57.4 Å². The van der Waals surface area contributed by atoms with Gasteiger partial charge in [0.1, 0.15) is 0 Å². The van der Waals surface area contributed by atoms with Crippen LogP contribution in [-0.2, 0) is 0 Å². The molecular weight excluding hydrogens is 248 g/mol. The summed E-state index contributed by atoms with van der Waals surface area (Å²) in [5.41, 5.74) is 1.85. The van der Waals surface area contributed by atoms with E-state index < -0.39 is 0 Å². The van der Waals surface area contributed by atoms with Gasteiger partial charge in [0.25, 0.3) is 0 Å². The van der Waals surface area contributed by atoms with Crippen molar-refractivity contribution in [2.45, 2.75) is 46.0 Å². The van der Waals surface area contributed by atoms with Crippen LogP contribution in [0.1, 0.15) is 66.7 Å². The van der Waals surface area contributed by atoms with Gasteiger partial charge < -0.3 is 0 Å². The summed E-state index contributed by atoms with van der Waals surface area (Å²) in [5, 5.41) is 0. The molecule has 1 aliphatic carbocycles. The van der Waals surface area contributed by atoms with Crippen LogP contribution in [0.25, 0.3) is 0 Å². The highest BCUT2D eigenvalue weighted by molar-refractivity contribution is 6.24. The van der Waals surface area contributed by atoms with Crippen LogP contribution in [0.15, 0.2) is 35.9 Å². The molecule has 106 valence electrons. The number of carbonyl (C=O) groups is 2. The van der Waals surface area contributed by atoms with E-state index in [0.717, 1.165) is 37.7 Å². The van der Waals surface area contributed by atoms with E-state index in [-0.39, 0.29) is 17.5 Å². The van der Waals surface area contributed by atoms with E-state index in [4.69, 9.17) is 0 Å². The fourth-order valence-electron chi connectivity index (χ4n) is 2.89. The first-order chi connectivity index (χ1) is 9.69. The van der Waals surface area contributed by atoms with Gasteiger partial charge in [0, 0.05) is 16.7 Å². The summed E-state index contributed by atoms with van der Waals surface area (Å²) in [7, 11) is 0. The van der Waals surface area contributed by atoms with Crippen molar-refractivity contribution in [2.24, 2.45) is 5.92 Å². The molecule has 0 spiro atoms. The van der Waals surface area contributed by atoms with Crippen LogP contribution in [0.3, 0.4) is 0 Å². The smallest absolute Gasteiger partial charge is 0.190 e. The minimum atomic E-state index is -0.0206. The minimum Gasteiger partial charge on any atom is -0.289 e. The molecule has 0 radical (unpaired) electrons. The molecular formula is C18H22O2. The highest BCUT2D eigenvalue weighted by Gasteiger charge is 2.29. The van der Waals surface area contributed by atoms with Crippen LogP contribution in [0.2, 0.25) is 0 Å². The summed E-state index contributed by atoms with van der Waals surface area (Å²) in [6, 6.07) is 7.15. The monoisotopic (exact) mass is 270 g/mol. The highest BCUT2D eigenvalue weighted by atomic mass is 16.1. The second-order valence-corrected chi connectivity index (χ2v) is 5.47. The van der Waals surface area contributed by atoms with E-state index in [0.29, 0.717) is 11.1 Å². The summed E-state index contributed by atoms with van der Waals surface area (Å²) in [5.74, 6) is 0.257. The average molecular weight is 270 g/mol. The van der Waals surface area contributed by atoms with E-state index >= 15 is 0 Å². The number of Topliss-reactive ketones (excluding diaryl/α,β-unsaturated/α-hetero) is 1. The molecule has 20 heavy (non-hydrogen) atoms. The number of allylic oxidation sites excluding steroid dienone is 2. The minimum absolute atomic E-state index is 0.0206. The van der Waals surface area contributed by atoms with Gasteiger partial charge in [0.05, 0.1) is 0 Å². The van der Waals surface area contributed by atoms with Gasteiger partial charge in [-0.3, -0.25) is 9.59 Å². The topological polar surface area (TPSA) is 34.1 Å². The first kappa shape index (κ1) is 14.7. The number of unbranched alkanes of at least 4 members (excludes halogenated alkanes) is 1. The van der Waals surface area contributed by atoms with Gasteiger partial charge >= 0.3 is 0 Å². The van der Waals surface area contributed by atoms with Crippen LogP contribution in [0.5, 0.6) is 0 Å². The summed E-state index contributed by atoms with van der Waals surface area (Å²) >= 11 is 0. The third-order valence-corrected chi connectivity index (χ3v) is 3.97. The fourth-order valence-corrected chi connectivity index (χ4v) is 2.89. The van der Waals surface area contributed by atoms with Crippen molar-refractivity contribution in [3.63, 3.8) is 0 Å². The van der Waals surface area contributed by atoms with Crippen molar-refractivity contribution in [1.29, 1.82) is 0 Å². The molecule has 1 aliphatic rings. The van der Waals surface area contributed by atoms with E-state index in [1.54, 1.807) is 18.2 Å². The van der Waals surface area contributed by atoms with Crippen molar-refractivity contribution in [3.8, 4) is 0 Å². The number of fused-ring (bicyclic) bond motifs is 1. The predicted molar refractivity (Wildman–Crippen MR) is 81.1 cm³/mol. The standard InChI is InChI=1S/C18H22O2/c1-3-5-9-13(8-4-2)16-12-17(19)14-10-6-7-11-15(14)18(16)20/h6-7,10-13H,3-5,8-9H2,1-2H3. The van der Waals surface area contributed by atoms with Crippen LogP contribution in [0, 0.1) is 5.92 Å². The number of ketones is 2. The zero-order valence-electron chi connectivity index (χ0n) is 12.3. The maximum atomic E-state index is 12.6. The van der Waals surface area contributed by atoms with Gasteiger partial charge in [-0.15, -0.1) is 0 Å². The lowest BCUT2D eigenvalue weighted by atomic mass is 9.80. The Morgan fingerprint density at radius 2 is 1.65 bits per heavy atom. The molecule has 1 atom stereocenters. The molecule has 0 fully saturated rings. The van der Waals surface area contributed by atoms with E-state index in [2.05, 4.69) is 13.8 Å². The first-order valence-electron chi connectivity index (χ1n) is 7.58. The SMILES string of the molecule is CCCCC(CCC)C1=CC(=O)c2ccccc2C1=O. The molecule has 0 aliphatic heterocycles. The molecule has 2 rings (SSSR count). The van der Waals surface area contributed by atoms with Crippen LogP contribution < -0.4 is 0 Å². The second-order valence-electron chi connectivity index (χ2n) is 5.47. The predicted octanol–water partition coefficient (Wildman–Crippen LogP) is 4.60. The molecule has 2 nitrogen and oxygen atoms in total. The largest absolute Gasteiger partial charge is 0.289 e. The Hall–Kier alpha value is -1.70. The lowest BCUT2D eigenvalue weighted by Gasteiger charge is -2.22. The first-order valence-corrected chi connectivity index (χ1v) is 7.58. The number of rotatable bonds is 6. The third kappa shape index (κ3) is 2.90.